The van der Waals surface area contributed by atoms with Crippen molar-refractivity contribution in [2.24, 2.45) is 11.7 Å². The molecule has 27 heavy (non-hydrogen) atoms. The highest BCUT2D eigenvalue weighted by molar-refractivity contribution is 6.02. The molecule has 1 aliphatic rings. The van der Waals surface area contributed by atoms with Crippen LogP contribution in [0.15, 0.2) is 12.1 Å². The predicted molar refractivity (Wildman–Crippen MR) is 104 cm³/mol. The molecule has 1 aliphatic carbocycles. The van der Waals surface area contributed by atoms with Crippen LogP contribution in [-0.2, 0) is 4.79 Å². The largest absolute Gasteiger partial charge is 0.383 e. The maximum absolute atomic E-state index is 12.9. The SMILES string of the molecule is CNc1cc(N(C)CC(N)=O)c(C(=O)NC2CCC(C)CC2)cc1[N+](=O)[O-]. The molecule has 0 aliphatic heterocycles. The molecule has 9 nitrogen and oxygen atoms in total. The van der Waals surface area contributed by atoms with Gasteiger partial charge in [0, 0.05) is 26.2 Å². The van der Waals surface area contributed by atoms with Gasteiger partial charge in [-0.1, -0.05) is 6.92 Å². The van der Waals surface area contributed by atoms with Crippen molar-refractivity contribution in [2.45, 2.75) is 38.6 Å². The highest BCUT2D eigenvalue weighted by atomic mass is 16.6. The van der Waals surface area contributed by atoms with Crippen molar-refractivity contribution in [3.63, 3.8) is 0 Å². The number of likely N-dealkylation sites (N-methyl/N-ethyl adjacent to an activating group) is 1. The summed E-state index contributed by atoms with van der Waals surface area (Å²) in [6.45, 7) is 2.08. The number of hydrogen-bond donors (Lipinski definition) is 3. The number of nitrogens with one attached hydrogen (secondary N) is 2. The molecule has 0 aromatic heterocycles. The van der Waals surface area contributed by atoms with Crippen molar-refractivity contribution in [3.8, 4) is 0 Å². The van der Waals surface area contributed by atoms with Crippen LogP contribution in [-0.4, -0.2) is 43.4 Å². The molecule has 1 fully saturated rings. The smallest absolute Gasteiger partial charge is 0.293 e. The fraction of sp³-hybridized carbons (Fsp3) is 0.556. The van der Waals surface area contributed by atoms with Crippen LogP contribution in [0.2, 0.25) is 0 Å². The summed E-state index contributed by atoms with van der Waals surface area (Å²) in [7, 11) is 3.17. The van der Waals surface area contributed by atoms with Gasteiger partial charge in [0.15, 0.2) is 0 Å². The van der Waals surface area contributed by atoms with Crippen LogP contribution in [0.1, 0.15) is 43.0 Å². The van der Waals surface area contributed by atoms with E-state index in [0.29, 0.717) is 11.6 Å². The second kappa shape index (κ2) is 8.70. The minimum atomic E-state index is -0.561. The third-order valence-corrected chi connectivity index (χ3v) is 4.98. The molecule has 2 amide bonds. The summed E-state index contributed by atoms with van der Waals surface area (Å²) in [5.41, 5.74) is 5.89. The normalized spacial score (nSPS) is 19.2. The topological polar surface area (TPSA) is 131 Å². The first-order valence-electron chi connectivity index (χ1n) is 9.03. The van der Waals surface area contributed by atoms with Crippen LogP contribution in [0.5, 0.6) is 0 Å². The number of benzene rings is 1. The van der Waals surface area contributed by atoms with E-state index in [1.165, 1.54) is 17.0 Å². The van der Waals surface area contributed by atoms with Crippen molar-refractivity contribution in [1.82, 2.24) is 5.32 Å². The van der Waals surface area contributed by atoms with Gasteiger partial charge in [-0.25, -0.2) is 0 Å². The lowest BCUT2D eigenvalue weighted by Gasteiger charge is -2.28. The summed E-state index contributed by atoms with van der Waals surface area (Å²) >= 11 is 0. The van der Waals surface area contributed by atoms with E-state index in [4.69, 9.17) is 5.73 Å². The van der Waals surface area contributed by atoms with Crippen LogP contribution in [0.3, 0.4) is 0 Å². The summed E-state index contributed by atoms with van der Waals surface area (Å²) in [6, 6.07) is 2.80. The number of carbonyl (C=O) groups excluding carboxylic acids is 2. The number of nitro benzene ring substituents is 1. The van der Waals surface area contributed by atoms with Crippen molar-refractivity contribution in [1.29, 1.82) is 0 Å². The van der Waals surface area contributed by atoms with Crippen molar-refractivity contribution < 1.29 is 14.5 Å². The van der Waals surface area contributed by atoms with Crippen LogP contribution < -0.4 is 21.3 Å². The van der Waals surface area contributed by atoms with Gasteiger partial charge in [0.25, 0.3) is 11.6 Å². The van der Waals surface area contributed by atoms with Crippen molar-refractivity contribution in [2.75, 3.05) is 30.9 Å². The first-order chi connectivity index (χ1) is 12.7. The molecule has 0 unspecified atom stereocenters. The molecule has 0 spiro atoms. The van der Waals surface area contributed by atoms with E-state index in [0.717, 1.165) is 25.7 Å². The van der Waals surface area contributed by atoms with Gasteiger partial charge < -0.3 is 21.3 Å². The van der Waals surface area contributed by atoms with Crippen molar-refractivity contribution >= 4 is 28.9 Å². The van der Waals surface area contributed by atoms with Gasteiger partial charge in [-0.3, -0.25) is 19.7 Å². The van der Waals surface area contributed by atoms with Gasteiger partial charge in [0.05, 0.1) is 22.7 Å². The number of nitro groups is 1. The molecule has 1 saturated carbocycles. The zero-order valence-electron chi connectivity index (χ0n) is 15.9. The molecular formula is C18H27N5O4. The second-order valence-corrected chi connectivity index (χ2v) is 7.15. The van der Waals surface area contributed by atoms with E-state index >= 15 is 0 Å². The monoisotopic (exact) mass is 377 g/mol. The number of carbonyl (C=O) groups is 2. The number of amides is 2. The lowest BCUT2D eigenvalue weighted by molar-refractivity contribution is -0.383. The first-order valence-corrected chi connectivity index (χ1v) is 9.03. The Hall–Kier alpha value is -2.84. The molecule has 0 saturated heterocycles. The zero-order chi connectivity index (χ0) is 20.1. The quantitative estimate of drug-likeness (QED) is 0.491. The molecule has 148 valence electrons. The van der Waals surface area contributed by atoms with Gasteiger partial charge in [-0.05, 0) is 37.7 Å². The number of hydrogen-bond acceptors (Lipinski definition) is 6. The number of primary amides is 1. The van der Waals surface area contributed by atoms with Gasteiger partial charge in [-0.2, -0.15) is 0 Å². The molecule has 4 N–H and O–H groups in total. The Morgan fingerprint density at radius 2 is 1.93 bits per heavy atom. The Kier molecular flexibility index (Phi) is 6.59. The molecule has 0 heterocycles. The summed E-state index contributed by atoms with van der Waals surface area (Å²) in [5, 5.41) is 17.1. The van der Waals surface area contributed by atoms with E-state index in [1.54, 1.807) is 14.1 Å². The molecule has 1 aromatic rings. The molecule has 0 bridgehead atoms. The van der Waals surface area contributed by atoms with Gasteiger partial charge in [0.1, 0.15) is 5.69 Å². The second-order valence-electron chi connectivity index (χ2n) is 7.15. The number of rotatable bonds is 7. The van der Waals surface area contributed by atoms with E-state index in [9.17, 15) is 19.7 Å². The Morgan fingerprint density at radius 3 is 2.44 bits per heavy atom. The Morgan fingerprint density at radius 1 is 1.30 bits per heavy atom. The standard InChI is InChI=1S/C18H27N5O4/c1-11-4-6-12(7-5-11)21-18(25)13-8-16(23(26)27)14(20-2)9-15(13)22(3)10-17(19)24/h8-9,11-12,20H,4-7,10H2,1-3H3,(H2,19,24)(H,21,25). The summed E-state index contributed by atoms with van der Waals surface area (Å²) < 4.78 is 0. The molecular weight excluding hydrogens is 350 g/mol. The number of anilines is 2. The summed E-state index contributed by atoms with van der Waals surface area (Å²) in [5.74, 6) is -0.299. The molecule has 0 radical (unpaired) electrons. The molecule has 2 rings (SSSR count). The number of nitrogens with zero attached hydrogens (tertiary/aromatic N) is 2. The Bertz CT molecular complexity index is 729. The minimum Gasteiger partial charge on any atom is -0.383 e. The third kappa shape index (κ3) is 5.08. The highest BCUT2D eigenvalue weighted by Crippen LogP contribution is 2.33. The summed E-state index contributed by atoms with van der Waals surface area (Å²) in [4.78, 5) is 36.5. The maximum Gasteiger partial charge on any atom is 0.293 e. The van der Waals surface area contributed by atoms with E-state index in [2.05, 4.69) is 17.6 Å². The van der Waals surface area contributed by atoms with Crippen LogP contribution >= 0.6 is 0 Å². The minimum absolute atomic E-state index is 0.0472. The van der Waals surface area contributed by atoms with Gasteiger partial charge in [-0.15, -0.1) is 0 Å². The fourth-order valence-corrected chi connectivity index (χ4v) is 3.41. The van der Waals surface area contributed by atoms with Crippen LogP contribution in [0.25, 0.3) is 0 Å². The average Bonchev–Trinajstić information content (AvgIpc) is 2.61. The number of nitrogens with two attached hydrogens (primary N) is 1. The predicted octanol–water partition coefficient (Wildman–Crippen LogP) is 1.87. The average molecular weight is 377 g/mol. The van der Waals surface area contributed by atoms with Crippen LogP contribution in [0.4, 0.5) is 17.1 Å². The highest BCUT2D eigenvalue weighted by Gasteiger charge is 2.26. The molecule has 0 atom stereocenters. The first kappa shape index (κ1) is 20.5. The van der Waals surface area contributed by atoms with Crippen LogP contribution in [0, 0.1) is 16.0 Å². The lowest BCUT2D eigenvalue weighted by Crippen LogP contribution is -2.38. The molecule has 1 aromatic carbocycles. The van der Waals surface area contributed by atoms with E-state index < -0.39 is 10.8 Å². The van der Waals surface area contributed by atoms with E-state index in [-0.39, 0.29) is 35.4 Å². The fourth-order valence-electron chi connectivity index (χ4n) is 3.41. The van der Waals surface area contributed by atoms with Gasteiger partial charge >= 0.3 is 0 Å². The van der Waals surface area contributed by atoms with Crippen molar-refractivity contribution in [3.05, 3.63) is 27.8 Å². The van der Waals surface area contributed by atoms with E-state index in [1.807, 2.05) is 0 Å². The lowest BCUT2D eigenvalue weighted by atomic mass is 9.87. The zero-order valence-corrected chi connectivity index (χ0v) is 15.9. The Labute approximate surface area is 158 Å². The van der Waals surface area contributed by atoms with Gasteiger partial charge in [0.2, 0.25) is 5.91 Å². The third-order valence-electron chi connectivity index (χ3n) is 4.98. The maximum atomic E-state index is 12.9. The molecule has 9 heteroatoms. The summed E-state index contributed by atoms with van der Waals surface area (Å²) in [6.07, 6.45) is 3.85. The Balaban J connectivity index is 2.37.